The number of fused-ring (bicyclic) bond motifs is 1. The molecule has 176 valence electrons. The molecule has 0 fully saturated rings. The summed E-state index contributed by atoms with van der Waals surface area (Å²) < 4.78 is 5.45. The zero-order valence-corrected chi connectivity index (χ0v) is 20.8. The molecule has 0 aliphatic rings. The summed E-state index contributed by atoms with van der Waals surface area (Å²) in [6.07, 6.45) is 3.94. The van der Waals surface area contributed by atoms with Crippen LogP contribution in [-0.4, -0.2) is 24.5 Å². The topological polar surface area (TPSA) is 54.1 Å². The first kappa shape index (κ1) is 24.2. The molecule has 0 aliphatic heterocycles. The number of benzene rings is 3. The Kier molecular flexibility index (Phi) is 7.81. The molecule has 1 atom stereocenters. The van der Waals surface area contributed by atoms with Gasteiger partial charge >= 0.3 is 0 Å². The van der Waals surface area contributed by atoms with Crippen LogP contribution >= 0.6 is 23.2 Å². The zero-order chi connectivity index (χ0) is 24.1. The number of para-hydroxylation sites is 1. The number of aryl methyl sites for hydroxylation is 1. The second-order valence-electron chi connectivity index (χ2n) is 8.31. The SMILES string of the molecule is CCc1cccc2c(C(CC(=O)NCCc3ccc(Cl)cc3Cl)c3cccc(OC)c3)c[nH]c12. The van der Waals surface area contributed by atoms with Gasteiger partial charge in [-0.05, 0) is 59.4 Å². The Bertz CT molecular complexity index is 1300. The second kappa shape index (κ2) is 11.0. The lowest BCUT2D eigenvalue weighted by Gasteiger charge is -2.18. The molecule has 34 heavy (non-hydrogen) atoms. The van der Waals surface area contributed by atoms with E-state index >= 15 is 0 Å². The molecule has 1 aromatic heterocycles. The molecule has 6 heteroatoms. The standard InChI is InChI=1S/C28H28Cl2N2O2/c1-3-18-6-5-9-23-25(17-32-28(18)23)24(20-7-4-8-22(14-20)34-2)16-27(33)31-13-12-19-10-11-21(29)15-26(19)30/h4-11,14-15,17,24,32H,3,12-13,16H2,1-2H3,(H,31,33). The number of hydrogen-bond acceptors (Lipinski definition) is 2. The Morgan fingerprint density at radius 1 is 1.06 bits per heavy atom. The third kappa shape index (κ3) is 5.40. The van der Waals surface area contributed by atoms with Gasteiger partial charge in [-0.1, -0.05) is 66.5 Å². The van der Waals surface area contributed by atoms with Crippen molar-refractivity contribution >= 4 is 40.0 Å². The summed E-state index contributed by atoms with van der Waals surface area (Å²) in [6, 6.07) is 19.7. The lowest BCUT2D eigenvalue weighted by atomic mass is 9.87. The maximum Gasteiger partial charge on any atom is 0.220 e. The monoisotopic (exact) mass is 494 g/mol. The van der Waals surface area contributed by atoms with Crippen LogP contribution in [0.4, 0.5) is 0 Å². The van der Waals surface area contributed by atoms with Gasteiger partial charge in [0.15, 0.2) is 0 Å². The Hall–Kier alpha value is -2.95. The van der Waals surface area contributed by atoms with Gasteiger partial charge in [0.1, 0.15) is 5.75 Å². The molecule has 2 N–H and O–H groups in total. The van der Waals surface area contributed by atoms with E-state index in [1.807, 2.05) is 36.5 Å². The summed E-state index contributed by atoms with van der Waals surface area (Å²) in [6.45, 7) is 2.65. The van der Waals surface area contributed by atoms with E-state index in [-0.39, 0.29) is 11.8 Å². The molecular formula is C28H28Cl2N2O2. The maximum atomic E-state index is 13.1. The minimum absolute atomic E-state index is 0.0149. The van der Waals surface area contributed by atoms with E-state index in [4.69, 9.17) is 27.9 Å². The van der Waals surface area contributed by atoms with Gasteiger partial charge < -0.3 is 15.0 Å². The van der Waals surface area contributed by atoms with E-state index in [0.29, 0.717) is 29.4 Å². The van der Waals surface area contributed by atoms with Crippen molar-refractivity contribution < 1.29 is 9.53 Å². The molecule has 4 nitrogen and oxygen atoms in total. The van der Waals surface area contributed by atoms with Gasteiger partial charge in [-0.15, -0.1) is 0 Å². The zero-order valence-electron chi connectivity index (χ0n) is 19.3. The van der Waals surface area contributed by atoms with E-state index in [1.54, 1.807) is 13.2 Å². The van der Waals surface area contributed by atoms with Crippen molar-refractivity contribution in [3.05, 3.63) is 99.2 Å². The lowest BCUT2D eigenvalue weighted by molar-refractivity contribution is -0.121. The van der Waals surface area contributed by atoms with Crippen LogP contribution in [0.5, 0.6) is 5.75 Å². The highest BCUT2D eigenvalue weighted by molar-refractivity contribution is 6.35. The van der Waals surface area contributed by atoms with Crippen molar-refractivity contribution in [2.75, 3.05) is 13.7 Å². The van der Waals surface area contributed by atoms with Crippen LogP contribution in [0, 0.1) is 0 Å². The molecular weight excluding hydrogens is 467 g/mol. The van der Waals surface area contributed by atoms with Crippen molar-refractivity contribution in [3.63, 3.8) is 0 Å². The minimum Gasteiger partial charge on any atom is -0.497 e. The summed E-state index contributed by atoms with van der Waals surface area (Å²) in [5, 5.41) is 5.42. The first-order valence-corrected chi connectivity index (χ1v) is 12.2. The summed E-state index contributed by atoms with van der Waals surface area (Å²) in [5.74, 6) is 0.642. The van der Waals surface area contributed by atoms with Crippen molar-refractivity contribution in [3.8, 4) is 5.75 Å². The predicted molar refractivity (Wildman–Crippen MR) is 140 cm³/mol. The number of nitrogens with one attached hydrogen (secondary N) is 2. The van der Waals surface area contributed by atoms with Crippen LogP contribution in [0.15, 0.2) is 66.9 Å². The molecule has 1 heterocycles. The number of carbonyl (C=O) groups is 1. The number of aromatic amines is 1. The van der Waals surface area contributed by atoms with Gasteiger partial charge in [-0.3, -0.25) is 4.79 Å². The van der Waals surface area contributed by atoms with Gasteiger partial charge in [0.2, 0.25) is 5.91 Å². The number of ether oxygens (including phenoxy) is 1. The largest absolute Gasteiger partial charge is 0.497 e. The van der Waals surface area contributed by atoms with Crippen LogP contribution in [0.2, 0.25) is 10.0 Å². The first-order chi connectivity index (χ1) is 16.5. The van der Waals surface area contributed by atoms with E-state index in [0.717, 1.165) is 39.8 Å². The molecule has 0 aliphatic carbocycles. The molecule has 0 radical (unpaired) electrons. The fourth-order valence-corrected chi connectivity index (χ4v) is 4.91. The second-order valence-corrected chi connectivity index (χ2v) is 9.15. The number of amides is 1. The quantitative estimate of drug-likeness (QED) is 0.265. The van der Waals surface area contributed by atoms with Crippen molar-refractivity contribution in [1.82, 2.24) is 10.3 Å². The number of rotatable bonds is 9. The van der Waals surface area contributed by atoms with Crippen molar-refractivity contribution in [1.29, 1.82) is 0 Å². The Morgan fingerprint density at radius 3 is 2.65 bits per heavy atom. The van der Waals surface area contributed by atoms with E-state index < -0.39 is 0 Å². The molecule has 0 saturated carbocycles. The molecule has 4 rings (SSSR count). The number of carbonyl (C=O) groups excluding carboxylic acids is 1. The molecule has 0 bridgehead atoms. The summed E-state index contributed by atoms with van der Waals surface area (Å²) in [7, 11) is 1.65. The number of aromatic nitrogens is 1. The summed E-state index contributed by atoms with van der Waals surface area (Å²) in [5.41, 5.74) is 5.50. The lowest BCUT2D eigenvalue weighted by Crippen LogP contribution is -2.27. The van der Waals surface area contributed by atoms with E-state index in [1.165, 1.54) is 5.56 Å². The highest BCUT2D eigenvalue weighted by Gasteiger charge is 2.22. The van der Waals surface area contributed by atoms with Gasteiger partial charge in [0, 0.05) is 46.0 Å². The number of methoxy groups -OCH3 is 1. The number of hydrogen-bond donors (Lipinski definition) is 2. The Morgan fingerprint density at radius 2 is 1.88 bits per heavy atom. The van der Waals surface area contributed by atoms with Crippen molar-refractivity contribution in [2.45, 2.75) is 32.1 Å². The molecule has 0 saturated heterocycles. The molecule has 1 amide bonds. The Balaban J connectivity index is 1.57. The number of halogens is 2. The third-order valence-corrected chi connectivity index (χ3v) is 6.79. The smallest absolute Gasteiger partial charge is 0.220 e. The fraction of sp³-hybridized carbons (Fsp3) is 0.250. The highest BCUT2D eigenvalue weighted by Crippen LogP contribution is 2.35. The average Bonchev–Trinajstić information content (AvgIpc) is 3.28. The average molecular weight is 495 g/mol. The minimum atomic E-state index is -0.116. The summed E-state index contributed by atoms with van der Waals surface area (Å²) in [4.78, 5) is 16.5. The highest BCUT2D eigenvalue weighted by atomic mass is 35.5. The molecule has 4 aromatic rings. The van der Waals surface area contributed by atoms with Crippen LogP contribution < -0.4 is 10.1 Å². The van der Waals surface area contributed by atoms with E-state index in [9.17, 15) is 4.79 Å². The van der Waals surface area contributed by atoms with Gasteiger partial charge in [0.05, 0.1) is 7.11 Å². The maximum absolute atomic E-state index is 13.1. The summed E-state index contributed by atoms with van der Waals surface area (Å²) >= 11 is 12.3. The normalized spacial score (nSPS) is 12.0. The van der Waals surface area contributed by atoms with Gasteiger partial charge in [-0.25, -0.2) is 0 Å². The first-order valence-electron chi connectivity index (χ1n) is 11.4. The van der Waals surface area contributed by atoms with Crippen LogP contribution in [0.3, 0.4) is 0 Å². The fourth-order valence-electron chi connectivity index (χ4n) is 4.41. The van der Waals surface area contributed by atoms with Crippen LogP contribution in [0.1, 0.15) is 41.5 Å². The molecule has 3 aromatic carbocycles. The van der Waals surface area contributed by atoms with Crippen LogP contribution in [-0.2, 0) is 17.6 Å². The van der Waals surface area contributed by atoms with Gasteiger partial charge in [0.25, 0.3) is 0 Å². The Labute approximate surface area is 210 Å². The van der Waals surface area contributed by atoms with E-state index in [2.05, 4.69) is 41.5 Å². The third-order valence-electron chi connectivity index (χ3n) is 6.21. The predicted octanol–water partition coefficient (Wildman–Crippen LogP) is 6.93. The molecule has 1 unspecified atom stereocenters. The van der Waals surface area contributed by atoms with Crippen molar-refractivity contribution in [2.24, 2.45) is 0 Å². The van der Waals surface area contributed by atoms with Crippen LogP contribution in [0.25, 0.3) is 10.9 Å². The number of H-pyrrole nitrogens is 1. The molecule has 0 spiro atoms. The van der Waals surface area contributed by atoms with Gasteiger partial charge in [-0.2, -0.15) is 0 Å².